The van der Waals surface area contributed by atoms with Gasteiger partial charge in [0.2, 0.25) is 5.91 Å². The molecular formula is C8H15NO2. The Hall–Kier alpha value is -0.860. The minimum Gasteiger partial charge on any atom is -0.349 e. The molecule has 0 heterocycles. The predicted molar refractivity (Wildman–Crippen MR) is 43.1 cm³/mol. The number of nitrogens with one attached hydrogen (secondary N) is 1. The van der Waals surface area contributed by atoms with Crippen LogP contribution in [0, 0.1) is 5.41 Å². The summed E-state index contributed by atoms with van der Waals surface area (Å²) in [6, 6.07) is 0. The van der Waals surface area contributed by atoms with Gasteiger partial charge in [-0.3, -0.25) is 9.59 Å². The lowest BCUT2D eigenvalue weighted by Gasteiger charge is -2.15. The molecule has 1 amide bonds. The molecule has 0 saturated heterocycles. The summed E-state index contributed by atoms with van der Waals surface area (Å²) in [4.78, 5) is 21.6. The molecule has 3 heteroatoms. The number of hydrogen-bond donors (Lipinski definition) is 1. The molecule has 0 aromatic rings. The van der Waals surface area contributed by atoms with Crippen LogP contribution in [0.25, 0.3) is 0 Å². The molecule has 0 bridgehead atoms. The first kappa shape index (κ1) is 10.1. The highest BCUT2D eigenvalue weighted by atomic mass is 16.2. The second-order valence-electron chi connectivity index (χ2n) is 3.58. The summed E-state index contributed by atoms with van der Waals surface area (Å²) >= 11 is 0. The van der Waals surface area contributed by atoms with Crippen LogP contribution in [0.4, 0.5) is 0 Å². The Labute approximate surface area is 67.2 Å². The second-order valence-corrected chi connectivity index (χ2v) is 3.58. The molecule has 0 radical (unpaired) electrons. The lowest BCUT2D eigenvalue weighted by atomic mass is 9.91. The van der Waals surface area contributed by atoms with Crippen LogP contribution >= 0.6 is 0 Å². The Balaban J connectivity index is 3.80. The number of hydrogen-bond acceptors (Lipinski definition) is 2. The SMILES string of the molecule is CC(=O)NCC(=O)C(C)(C)C. The van der Waals surface area contributed by atoms with Crippen LogP contribution in [0.3, 0.4) is 0 Å². The minimum atomic E-state index is -0.359. The highest BCUT2D eigenvalue weighted by molar-refractivity contribution is 5.88. The van der Waals surface area contributed by atoms with Gasteiger partial charge in [-0.2, -0.15) is 0 Å². The molecule has 0 atom stereocenters. The van der Waals surface area contributed by atoms with E-state index in [1.165, 1.54) is 6.92 Å². The van der Waals surface area contributed by atoms with E-state index in [2.05, 4.69) is 5.32 Å². The molecule has 0 fully saturated rings. The van der Waals surface area contributed by atoms with Crippen molar-refractivity contribution < 1.29 is 9.59 Å². The molecule has 0 aromatic heterocycles. The Morgan fingerprint density at radius 2 is 1.73 bits per heavy atom. The van der Waals surface area contributed by atoms with E-state index < -0.39 is 0 Å². The molecule has 1 N–H and O–H groups in total. The van der Waals surface area contributed by atoms with Gasteiger partial charge in [-0.1, -0.05) is 20.8 Å². The van der Waals surface area contributed by atoms with Crippen molar-refractivity contribution in [2.75, 3.05) is 6.54 Å². The van der Waals surface area contributed by atoms with E-state index >= 15 is 0 Å². The summed E-state index contributed by atoms with van der Waals surface area (Å²) in [7, 11) is 0. The van der Waals surface area contributed by atoms with Gasteiger partial charge in [0.05, 0.1) is 6.54 Å². The zero-order chi connectivity index (χ0) is 9.07. The van der Waals surface area contributed by atoms with Crippen LogP contribution in [-0.2, 0) is 9.59 Å². The Bertz CT molecular complexity index is 167. The van der Waals surface area contributed by atoms with Crippen molar-refractivity contribution >= 4 is 11.7 Å². The van der Waals surface area contributed by atoms with Crippen molar-refractivity contribution in [1.29, 1.82) is 0 Å². The normalized spacial score (nSPS) is 10.9. The Morgan fingerprint density at radius 1 is 1.27 bits per heavy atom. The highest BCUT2D eigenvalue weighted by Crippen LogP contribution is 2.13. The molecule has 0 saturated carbocycles. The average molecular weight is 157 g/mol. The van der Waals surface area contributed by atoms with Crippen molar-refractivity contribution in [2.45, 2.75) is 27.7 Å². The van der Waals surface area contributed by atoms with Crippen LogP contribution in [-0.4, -0.2) is 18.2 Å². The fourth-order valence-corrected chi connectivity index (χ4v) is 0.470. The maximum absolute atomic E-state index is 11.2. The zero-order valence-corrected chi connectivity index (χ0v) is 7.52. The minimum absolute atomic E-state index is 0.0488. The molecule has 0 rings (SSSR count). The Morgan fingerprint density at radius 3 is 2.00 bits per heavy atom. The van der Waals surface area contributed by atoms with Crippen LogP contribution in [0.15, 0.2) is 0 Å². The quantitative estimate of drug-likeness (QED) is 0.642. The number of carbonyl (C=O) groups is 2. The van der Waals surface area contributed by atoms with E-state index in [0.29, 0.717) is 0 Å². The zero-order valence-electron chi connectivity index (χ0n) is 7.52. The molecule has 3 nitrogen and oxygen atoms in total. The number of ketones is 1. The van der Waals surface area contributed by atoms with Crippen LogP contribution in [0.1, 0.15) is 27.7 Å². The monoisotopic (exact) mass is 157 g/mol. The molecule has 0 aliphatic carbocycles. The van der Waals surface area contributed by atoms with Gasteiger partial charge in [0, 0.05) is 12.3 Å². The first-order chi connectivity index (χ1) is 4.84. The maximum Gasteiger partial charge on any atom is 0.217 e. The van der Waals surface area contributed by atoms with Crippen LogP contribution in [0.5, 0.6) is 0 Å². The van der Waals surface area contributed by atoms with Crippen molar-refractivity contribution in [1.82, 2.24) is 5.32 Å². The molecular weight excluding hydrogens is 142 g/mol. The molecule has 0 unspecified atom stereocenters. The average Bonchev–Trinajstić information content (AvgIpc) is 1.80. The smallest absolute Gasteiger partial charge is 0.217 e. The topological polar surface area (TPSA) is 46.2 Å². The standard InChI is InChI=1S/C8H15NO2/c1-6(10)9-5-7(11)8(2,3)4/h5H2,1-4H3,(H,9,10). The third kappa shape index (κ3) is 4.53. The van der Waals surface area contributed by atoms with Crippen molar-refractivity contribution in [3.8, 4) is 0 Å². The van der Waals surface area contributed by atoms with Gasteiger partial charge >= 0.3 is 0 Å². The van der Waals surface area contributed by atoms with Crippen molar-refractivity contribution in [2.24, 2.45) is 5.41 Å². The summed E-state index contributed by atoms with van der Waals surface area (Å²) < 4.78 is 0. The fraction of sp³-hybridized carbons (Fsp3) is 0.750. The van der Waals surface area contributed by atoms with Crippen molar-refractivity contribution in [3.05, 3.63) is 0 Å². The van der Waals surface area contributed by atoms with E-state index in [1.54, 1.807) is 0 Å². The van der Waals surface area contributed by atoms with Gasteiger partial charge in [0.1, 0.15) is 0 Å². The predicted octanol–water partition coefficient (Wildman–Crippen LogP) is 0.738. The first-order valence-corrected chi connectivity index (χ1v) is 3.62. The number of rotatable bonds is 2. The summed E-state index contributed by atoms with van der Waals surface area (Å²) in [6.07, 6.45) is 0. The summed E-state index contributed by atoms with van der Waals surface area (Å²) in [5, 5.41) is 2.46. The first-order valence-electron chi connectivity index (χ1n) is 3.62. The van der Waals surface area contributed by atoms with Gasteiger partial charge in [-0.15, -0.1) is 0 Å². The molecule has 0 aliphatic rings. The number of amides is 1. The van der Waals surface area contributed by atoms with Gasteiger partial charge in [0.15, 0.2) is 5.78 Å². The lowest BCUT2D eigenvalue weighted by molar-refractivity contribution is -0.128. The van der Waals surface area contributed by atoms with E-state index in [0.717, 1.165) is 0 Å². The third-order valence-electron chi connectivity index (χ3n) is 1.33. The van der Waals surface area contributed by atoms with Crippen molar-refractivity contribution in [3.63, 3.8) is 0 Å². The van der Waals surface area contributed by atoms with Gasteiger partial charge in [-0.05, 0) is 0 Å². The molecule has 11 heavy (non-hydrogen) atoms. The fourth-order valence-electron chi connectivity index (χ4n) is 0.470. The highest BCUT2D eigenvalue weighted by Gasteiger charge is 2.20. The second kappa shape index (κ2) is 3.51. The summed E-state index contributed by atoms with van der Waals surface area (Å²) in [6.45, 7) is 7.03. The van der Waals surface area contributed by atoms with Crippen LogP contribution in [0.2, 0.25) is 0 Å². The molecule has 64 valence electrons. The van der Waals surface area contributed by atoms with Crippen LogP contribution < -0.4 is 5.32 Å². The number of Topliss-reactive ketones (excluding diaryl/α,β-unsaturated/α-hetero) is 1. The lowest BCUT2D eigenvalue weighted by Crippen LogP contribution is -2.34. The Kier molecular flexibility index (Phi) is 3.23. The molecule has 0 spiro atoms. The van der Waals surface area contributed by atoms with Gasteiger partial charge in [-0.25, -0.2) is 0 Å². The van der Waals surface area contributed by atoms with E-state index in [-0.39, 0.29) is 23.7 Å². The van der Waals surface area contributed by atoms with Gasteiger partial charge < -0.3 is 5.32 Å². The van der Waals surface area contributed by atoms with E-state index in [1.807, 2.05) is 20.8 Å². The molecule has 0 aliphatic heterocycles. The summed E-state index contributed by atoms with van der Waals surface area (Å²) in [5.74, 6) is -0.115. The number of carbonyl (C=O) groups excluding carboxylic acids is 2. The summed E-state index contributed by atoms with van der Waals surface area (Å²) in [5.41, 5.74) is -0.359. The third-order valence-corrected chi connectivity index (χ3v) is 1.33. The van der Waals surface area contributed by atoms with E-state index in [9.17, 15) is 9.59 Å². The molecule has 0 aromatic carbocycles. The largest absolute Gasteiger partial charge is 0.349 e. The van der Waals surface area contributed by atoms with Gasteiger partial charge in [0.25, 0.3) is 0 Å². The van der Waals surface area contributed by atoms with E-state index in [4.69, 9.17) is 0 Å². The maximum atomic E-state index is 11.2.